The van der Waals surface area contributed by atoms with E-state index in [0.29, 0.717) is 12.2 Å². The van der Waals surface area contributed by atoms with E-state index in [2.05, 4.69) is 10.6 Å². The first-order chi connectivity index (χ1) is 12.7. The summed E-state index contributed by atoms with van der Waals surface area (Å²) in [5, 5.41) is 5.63. The van der Waals surface area contributed by atoms with Crippen molar-refractivity contribution in [2.75, 3.05) is 19.0 Å². The minimum absolute atomic E-state index is 0.0214. The van der Waals surface area contributed by atoms with Crippen LogP contribution in [0.4, 0.5) is 18.9 Å². The lowest BCUT2D eigenvalue weighted by Crippen LogP contribution is -2.40. The first-order valence-corrected chi connectivity index (χ1v) is 8.57. The third-order valence-corrected chi connectivity index (χ3v) is 4.14. The van der Waals surface area contributed by atoms with Crippen molar-refractivity contribution >= 4 is 23.2 Å². The summed E-state index contributed by atoms with van der Waals surface area (Å²) >= 11 is 5.97. The van der Waals surface area contributed by atoms with Crippen LogP contribution < -0.4 is 10.6 Å². The second kappa shape index (κ2) is 9.21. The van der Waals surface area contributed by atoms with Gasteiger partial charge in [0.15, 0.2) is 0 Å². The number of amides is 1. The molecule has 2 aromatic rings. The molecule has 0 heterocycles. The number of carbonyl (C=O) groups excluding carboxylic acids is 1. The first-order valence-electron chi connectivity index (χ1n) is 8.20. The molecule has 146 valence electrons. The molecule has 1 amide bonds. The van der Waals surface area contributed by atoms with Gasteiger partial charge in [-0.3, -0.25) is 10.1 Å². The molecule has 0 aliphatic rings. The molecule has 0 radical (unpaired) electrons. The van der Waals surface area contributed by atoms with Crippen LogP contribution >= 0.6 is 11.6 Å². The summed E-state index contributed by atoms with van der Waals surface area (Å²) < 4.78 is 43.9. The molecule has 0 bridgehead atoms. The molecular weight excluding hydrogens is 381 g/mol. The van der Waals surface area contributed by atoms with Crippen molar-refractivity contribution in [1.29, 1.82) is 0 Å². The Morgan fingerprint density at radius 2 is 1.85 bits per heavy atom. The largest absolute Gasteiger partial charge is 0.416 e. The number of hydrogen-bond acceptors (Lipinski definition) is 3. The molecule has 2 rings (SSSR count). The number of carbonyl (C=O) groups is 1. The second-order valence-corrected chi connectivity index (χ2v) is 6.46. The van der Waals surface area contributed by atoms with Gasteiger partial charge in [-0.05, 0) is 30.7 Å². The minimum atomic E-state index is -4.53. The van der Waals surface area contributed by atoms with E-state index < -0.39 is 23.7 Å². The van der Waals surface area contributed by atoms with E-state index in [9.17, 15) is 18.0 Å². The number of anilines is 1. The van der Waals surface area contributed by atoms with Crippen LogP contribution in [0.15, 0.2) is 48.5 Å². The molecule has 0 spiro atoms. The SMILES string of the molecule is COC[C@@H](C)N[C@@H](C(=O)Nc1cc(C(F)(F)F)ccc1Cl)c1ccccc1. The second-order valence-electron chi connectivity index (χ2n) is 6.05. The maximum Gasteiger partial charge on any atom is 0.416 e. The Bertz CT molecular complexity index is 769. The van der Waals surface area contributed by atoms with Crippen LogP contribution in [0.2, 0.25) is 5.02 Å². The Labute approximate surface area is 160 Å². The summed E-state index contributed by atoms with van der Waals surface area (Å²) in [5.41, 5.74) is -0.321. The number of rotatable bonds is 7. The van der Waals surface area contributed by atoms with Gasteiger partial charge < -0.3 is 10.1 Å². The molecule has 0 saturated heterocycles. The normalized spacial score (nSPS) is 13.9. The van der Waals surface area contributed by atoms with E-state index in [1.807, 2.05) is 6.92 Å². The van der Waals surface area contributed by atoms with Gasteiger partial charge in [0.1, 0.15) is 6.04 Å². The number of alkyl halides is 3. The lowest BCUT2D eigenvalue weighted by atomic mass is 10.0. The average Bonchev–Trinajstić information content (AvgIpc) is 2.61. The molecule has 8 heteroatoms. The summed E-state index contributed by atoms with van der Waals surface area (Å²) in [6.45, 7) is 2.20. The molecule has 0 saturated carbocycles. The van der Waals surface area contributed by atoms with Gasteiger partial charge in [0, 0.05) is 13.2 Å². The monoisotopic (exact) mass is 400 g/mol. The highest BCUT2D eigenvalue weighted by Crippen LogP contribution is 2.34. The minimum Gasteiger partial charge on any atom is -0.383 e. The fourth-order valence-corrected chi connectivity index (χ4v) is 2.72. The molecule has 2 aromatic carbocycles. The average molecular weight is 401 g/mol. The van der Waals surface area contributed by atoms with Gasteiger partial charge in [0.2, 0.25) is 5.91 Å². The molecule has 2 N–H and O–H groups in total. The Balaban J connectivity index is 2.28. The van der Waals surface area contributed by atoms with Crippen LogP contribution in [0.25, 0.3) is 0 Å². The quantitative estimate of drug-likeness (QED) is 0.710. The highest BCUT2D eigenvalue weighted by atomic mass is 35.5. The molecule has 4 nitrogen and oxygen atoms in total. The number of nitrogens with one attached hydrogen (secondary N) is 2. The van der Waals surface area contributed by atoms with Crippen molar-refractivity contribution in [2.24, 2.45) is 0 Å². The zero-order valence-corrected chi connectivity index (χ0v) is 15.6. The predicted octanol–water partition coefficient (Wildman–Crippen LogP) is 4.66. The Hall–Kier alpha value is -2.09. The Kier molecular flexibility index (Phi) is 7.24. The van der Waals surface area contributed by atoms with Gasteiger partial charge in [-0.1, -0.05) is 41.9 Å². The van der Waals surface area contributed by atoms with E-state index in [-0.39, 0.29) is 16.8 Å². The van der Waals surface area contributed by atoms with Crippen LogP contribution in [0.3, 0.4) is 0 Å². The number of ether oxygens (including phenoxy) is 1. The van der Waals surface area contributed by atoms with E-state index in [1.165, 1.54) is 7.11 Å². The molecule has 2 atom stereocenters. The number of hydrogen-bond donors (Lipinski definition) is 2. The van der Waals surface area contributed by atoms with Crippen LogP contribution in [-0.2, 0) is 15.7 Å². The summed E-state index contributed by atoms with van der Waals surface area (Å²) in [7, 11) is 1.54. The maximum atomic E-state index is 12.9. The lowest BCUT2D eigenvalue weighted by Gasteiger charge is -2.23. The summed E-state index contributed by atoms with van der Waals surface area (Å²) in [4.78, 5) is 12.8. The van der Waals surface area contributed by atoms with Crippen molar-refractivity contribution in [3.8, 4) is 0 Å². The van der Waals surface area contributed by atoms with E-state index >= 15 is 0 Å². The molecule has 27 heavy (non-hydrogen) atoms. The van der Waals surface area contributed by atoms with Crippen molar-refractivity contribution in [1.82, 2.24) is 5.32 Å². The molecular formula is C19H20ClF3N2O2. The van der Waals surface area contributed by atoms with E-state index in [1.54, 1.807) is 30.3 Å². The van der Waals surface area contributed by atoms with Gasteiger partial charge in [0.25, 0.3) is 0 Å². The van der Waals surface area contributed by atoms with Crippen LogP contribution in [0, 0.1) is 0 Å². The standard InChI is InChI=1S/C19H20ClF3N2O2/c1-12(11-27-2)24-17(13-6-4-3-5-7-13)18(26)25-16-10-14(19(21,22)23)8-9-15(16)20/h3-10,12,17,24H,11H2,1-2H3,(H,25,26)/t12-,17-/m1/s1. The highest BCUT2D eigenvalue weighted by molar-refractivity contribution is 6.33. The first kappa shape index (κ1) is 21.2. The zero-order valence-electron chi connectivity index (χ0n) is 14.8. The third kappa shape index (κ3) is 5.95. The van der Waals surface area contributed by atoms with Crippen molar-refractivity contribution in [3.63, 3.8) is 0 Å². The highest BCUT2D eigenvalue weighted by Gasteiger charge is 2.31. The third-order valence-electron chi connectivity index (χ3n) is 3.81. The number of benzene rings is 2. The fraction of sp³-hybridized carbons (Fsp3) is 0.316. The van der Waals surface area contributed by atoms with E-state index in [0.717, 1.165) is 18.2 Å². The summed E-state index contributed by atoms with van der Waals surface area (Å²) in [6.07, 6.45) is -4.53. The molecule has 0 aromatic heterocycles. The summed E-state index contributed by atoms with van der Waals surface area (Å²) in [6, 6.07) is 10.7. The summed E-state index contributed by atoms with van der Waals surface area (Å²) in [5.74, 6) is -0.523. The van der Waals surface area contributed by atoms with Crippen LogP contribution in [-0.4, -0.2) is 25.7 Å². The van der Waals surface area contributed by atoms with Crippen molar-refractivity contribution in [2.45, 2.75) is 25.2 Å². The van der Waals surface area contributed by atoms with Gasteiger partial charge in [0.05, 0.1) is 22.9 Å². The van der Waals surface area contributed by atoms with Gasteiger partial charge in [-0.25, -0.2) is 0 Å². The smallest absolute Gasteiger partial charge is 0.383 e. The zero-order chi connectivity index (χ0) is 20.0. The molecule has 0 aliphatic carbocycles. The molecule has 0 fully saturated rings. The molecule has 0 aliphatic heterocycles. The van der Waals surface area contributed by atoms with Crippen LogP contribution in [0.5, 0.6) is 0 Å². The van der Waals surface area contributed by atoms with Crippen molar-refractivity contribution < 1.29 is 22.7 Å². The Morgan fingerprint density at radius 3 is 2.44 bits per heavy atom. The van der Waals surface area contributed by atoms with Crippen molar-refractivity contribution in [3.05, 3.63) is 64.7 Å². The number of halogens is 4. The molecule has 0 unspecified atom stereocenters. The van der Waals surface area contributed by atoms with Crippen LogP contribution in [0.1, 0.15) is 24.1 Å². The predicted molar refractivity (Wildman–Crippen MR) is 98.7 cm³/mol. The van der Waals surface area contributed by atoms with Gasteiger partial charge >= 0.3 is 6.18 Å². The maximum absolute atomic E-state index is 12.9. The topological polar surface area (TPSA) is 50.4 Å². The number of methoxy groups -OCH3 is 1. The Morgan fingerprint density at radius 1 is 1.19 bits per heavy atom. The van der Waals surface area contributed by atoms with Gasteiger partial charge in [-0.15, -0.1) is 0 Å². The van der Waals surface area contributed by atoms with Gasteiger partial charge in [-0.2, -0.15) is 13.2 Å². The fourth-order valence-electron chi connectivity index (χ4n) is 2.55. The van der Waals surface area contributed by atoms with E-state index in [4.69, 9.17) is 16.3 Å². The lowest BCUT2D eigenvalue weighted by molar-refractivity contribution is -0.137.